The van der Waals surface area contributed by atoms with E-state index in [0.717, 1.165) is 19.4 Å². The Bertz CT molecular complexity index is 362. The van der Waals surface area contributed by atoms with E-state index in [9.17, 15) is 4.79 Å². The van der Waals surface area contributed by atoms with Crippen molar-refractivity contribution in [2.24, 2.45) is 11.7 Å². The van der Waals surface area contributed by atoms with Crippen molar-refractivity contribution in [1.82, 2.24) is 15.1 Å². The SMILES string of the molecule is CN(CC1CC(N)C1)C(=O)c1ccnnc1. The van der Waals surface area contributed by atoms with Gasteiger partial charge in [-0.05, 0) is 24.8 Å². The van der Waals surface area contributed by atoms with Crippen LogP contribution in [0.4, 0.5) is 0 Å². The van der Waals surface area contributed by atoms with E-state index in [1.807, 2.05) is 7.05 Å². The maximum Gasteiger partial charge on any atom is 0.255 e. The largest absolute Gasteiger partial charge is 0.341 e. The molecule has 1 aromatic rings. The van der Waals surface area contributed by atoms with Gasteiger partial charge in [-0.1, -0.05) is 0 Å². The molecule has 5 nitrogen and oxygen atoms in total. The average Bonchev–Trinajstić information content (AvgIpc) is 2.27. The van der Waals surface area contributed by atoms with E-state index in [4.69, 9.17) is 5.73 Å². The molecule has 1 amide bonds. The summed E-state index contributed by atoms with van der Waals surface area (Å²) in [6.07, 6.45) is 5.06. The minimum atomic E-state index is -0.00429. The molecule has 16 heavy (non-hydrogen) atoms. The van der Waals surface area contributed by atoms with Crippen LogP contribution in [0.1, 0.15) is 23.2 Å². The molecule has 0 unspecified atom stereocenters. The Morgan fingerprint density at radius 3 is 2.88 bits per heavy atom. The predicted molar refractivity (Wildman–Crippen MR) is 59.7 cm³/mol. The summed E-state index contributed by atoms with van der Waals surface area (Å²) < 4.78 is 0. The zero-order chi connectivity index (χ0) is 11.5. The third kappa shape index (κ3) is 2.36. The van der Waals surface area contributed by atoms with Crippen molar-refractivity contribution in [2.45, 2.75) is 18.9 Å². The number of hydrogen-bond acceptors (Lipinski definition) is 4. The third-order valence-electron chi connectivity index (χ3n) is 2.98. The van der Waals surface area contributed by atoms with Gasteiger partial charge in [0.2, 0.25) is 0 Å². The van der Waals surface area contributed by atoms with Crippen LogP contribution in [0.2, 0.25) is 0 Å². The van der Waals surface area contributed by atoms with E-state index in [1.165, 1.54) is 12.4 Å². The molecule has 0 saturated heterocycles. The maximum atomic E-state index is 11.9. The Labute approximate surface area is 94.6 Å². The highest BCUT2D eigenvalue weighted by molar-refractivity contribution is 5.93. The maximum absolute atomic E-state index is 11.9. The second-order valence-electron chi connectivity index (χ2n) is 4.41. The lowest BCUT2D eigenvalue weighted by atomic mass is 9.80. The van der Waals surface area contributed by atoms with Crippen LogP contribution in [0.15, 0.2) is 18.5 Å². The fourth-order valence-corrected chi connectivity index (χ4v) is 2.04. The quantitative estimate of drug-likeness (QED) is 0.794. The van der Waals surface area contributed by atoms with Crippen molar-refractivity contribution in [3.63, 3.8) is 0 Å². The van der Waals surface area contributed by atoms with E-state index in [-0.39, 0.29) is 5.91 Å². The molecular formula is C11H16N4O. The Kier molecular flexibility index (Phi) is 3.14. The number of aromatic nitrogens is 2. The van der Waals surface area contributed by atoms with Crippen LogP contribution in [0, 0.1) is 5.92 Å². The molecule has 0 spiro atoms. The lowest BCUT2D eigenvalue weighted by Crippen LogP contribution is -2.43. The van der Waals surface area contributed by atoms with E-state index in [0.29, 0.717) is 17.5 Å². The zero-order valence-corrected chi connectivity index (χ0v) is 9.34. The highest BCUT2D eigenvalue weighted by atomic mass is 16.2. The molecule has 2 N–H and O–H groups in total. The molecule has 1 aliphatic carbocycles. The lowest BCUT2D eigenvalue weighted by Gasteiger charge is -2.35. The first kappa shape index (κ1) is 11.0. The van der Waals surface area contributed by atoms with Crippen LogP contribution in [-0.4, -0.2) is 40.6 Å². The summed E-state index contributed by atoms with van der Waals surface area (Å²) in [5.74, 6) is 0.550. The fourth-order valence-electron chi connectivity index (χ4n) is 2.04. The molecule has 1 heterocycles. The first-order valence-electron chi connectivity index (χ1n) is 5.44. The van der Waals surface area contributed by atoms with Crippen LogP contribution in [0.5, 0.6) is 0 Å². The normalized spacial score (nSPS) is 23.6. The summed E-state index contributed by atoms with van der Waals surface area (Å²) in [6, 6.07) is 2.01. The summed E-state index contributed by atoms with van der Waals surface area (Å²) in [6.45, 7) is 0.773. The molecule has 0 bridgehead atoms. The molecule has 1 aliphatic rings. The van der Waals surface area contributed by atoms with Gasteiger partial charge < -0.3 is 10.6 Å². The molecule has 1 fully saturated rings. The van der Waals surface area contributed by atoms with Gasteiger partial charge in [0.1, 0.15) is 0 Å². The van der Waals surface area contributed by atoms with E-state index in [2.05, 4.69) is 10.2 Å². The number of carbonyl (C=O) groups is 1. The number of amides is 1. The van der Waals surface area contributed by atoms with Gasteiger partial charge in [-0.15, -0.1) is 0 Å². The van der Waals surface area contributed by atoms with Crippen LogP contribution >= 0.6 is 0 Å². The highest BCUT2D eigenvalue weighted by Crippen LogP contribution is 2.26. The van der Waals surface area contributed by atoms with Gasteiger partial charge in [-0.2, -0.15) is 10.2 Å². The van der Waals surface area contributed by atoms with E-state index in [1.54, 1.807) is 11.0 Å². The van der Waals surface area contributed by atoms with Crippen molar-refractivity contribution in [3.8, 4) is 0 Å². The summed E-state index contributed by atoms with van der Waals surface area (Å²) in [4.78, 5) is 13.7. The second kappa shape index (κ2) is 4.57. The Balaban J connectivity index is 1.90. The lowest BCUT2D eigenvalue weighted by molar-refractivity contribution is 0.0733. The molecule has 5 heteroatoms. The Morgan fingerprint density at radius 1 is 1.56 bits per heavy atom. The molecule has 86 valence electrons. The van der Waals surface area contributed by atoms with Crippen molar-refractivity contribution >= 4 is 5.91 Å². The second-order valence-corrected chi connectivity index (χ2v) is 4.41. The summed E-state index contributed by atoms with van der Waals surface area (Å²) >= 11 is 0. The van der Waals surface area contributed by atoms with Gasteiger partial charge in [0.25, 0.3) is 5.91 Å². The molecular weight excluding hydrogens is 204 g/mol. The predicted octanol–water partition coefficient (Wildman–Crippen LogP) is 0.286. The summed E-state index contributed by atoms with van der Waals surface area (Å²) in [5, 5.41) is 7.34. The van der Waals surface area contributed by atoms with Crippen LogP contribution in [-0.2, 0) is 0 Å². The van der Waals surface area contributed by atoms with Gasteiger partial charge >= 0.3 is 0 Å². The van der Waals surface area contributed by atoms with Crippen molar-refractivity contribution in [3.05, 3.63) is 24.0 Å². The molecule has 0 atom stereocenters. The van der Waals surface area contributed by atoms with Gasteiger partial charge in [0, 0.05) is 19.6 Å². The summed E-state index contributed by atoms with van der Waals surface area (Å²) in [7, 11) is 1.81. The first-order valence-corrected chi connectivity index (χ1v) is 5.44. The van der Waals surface area contributed by atoms with Gasteiger partial charge in [0.15, 0.2) is 0 Å². The fraction of sp³-hybridized carbons (Fsp3) is 0.545. The topological polar surface area (TPSA) is 72.1 Å². The third-order valence-corrected chi connectivity index (χ3v) is 2.98. The first-order chi connectivity index (χ1) is 7.66. The molecule has 0 aliphatic heterocycles. The number of nitrogens with two attached hydrogens (primary N) is 1. The molecule has 0 aromatic carbocycles. The van der Waals surface area contributed by atoms with Gasteiger partial charge in [-0.25, -0.2) is 0 Å². The van der Waals surface area contributed by atoms with Crippen LogP contribution in [0.3, 0.4) is 0 Å². The zero-order valence-electron chi connectivity index (χ0n) is 9.34. The Hall–Kier alpha value is -1.49. The molecule has 2 rings (SSSR count). The van der Waals surface area contributed by atoms with Gasteiger partial charge in [0.05, 0.1) is 18.0 Å². The number of rotatable bonds is 3. The minimum Gasteiger partial charge on any atom is -0.341 e. The van der Waals surface area contributed by atoms with E-state index >= 15 is 0 Å². The van der Waals surface area contributed by atoms with Crippen LogP contribution < -0.4 is 5.73 Å². The van der Waals surface area contributed by atoms with Crippen molar-refractivity contribution in [2.75, 3.05) is 13.6 Å². The molecule has 1 saturated carbocycles. The molecule has 1 aromatic heterocycles. The smallest absolute Gasteiger partial charge is 0.255 e. The number of nitrogens with zero attached hydrogens (tertiary/aromatic N) is 3. The number of carbonyl (C=O) groups excluding carboxylic acids is 1. The monoisotopic (exact) mass is 220 g/mol. The highest BCUT2D eigenvalue weighted by Gasteiger charge is 2.28. The van der Waals surface area contributed by atoms with Gasteiger partial charge in [-0.3, -0.25) is 4.79 Å². The van der Waals surface area contributed by atoms with E-state index < -0.39 is 0 Å². The summed E-state index contributed by atoms with van der Waals surface area (Å²) in [5.41, 5.74) is 6.29. The van der Waals surface area contributed by atoms with Crippen LogP contribution in [0.25, 0.3) is 0 Å². The standard InChI is InChI=1S/C11H16N4O/c1-15(7-8-4-10(12)5-8)11(16)9-2-3-13-14-6-9/h2-3,6,8,10H,4-5,7,12H2,1H3. The number of hydrogen-bond donors (Lipinski definition) is 1. The van der Waals surface area contributed by atoms with Crippen molar-refractivity contribution in [1.29, 1.82) is 0 Å². The minimum absolute atomic E-state index is 0.00429. The Morgan fingerprint density at radius 2 is 2.31 bits per heavy atom. The average molecular weight is 220 g/mol. The van der Waals surface area contributed by atoms with Crippen molar-refractivity contribution < 1.29 is 4.79 Å². The molecule has 0 radical (unpaired) electrons.